The van der Waals surface area contributed by atoms with Gasteiger partial charge in [-0.25, -0.2) is 17.5 Å². The number of carbonyl (C=O) groups excluding carboxylic acids is 3. The normalized spacial score (nSPS) is 17.6. The number of sulfonamides is 1. The number of esters is 1. The van der Waals surface area contributed by atoms with E-state index in [2.05, 4.69) is 5.32 Å². The maximum Gasteiger partial charge on any atom is 0.338 e. The van der Waals surface area contributed by atoms with Crippen LogP contribution in [0.4, 0.5) is 11.4 Å². The summed E-state index contributed by atoms with van der Waals surface area (Å²) >= 11 is 6.19. The standard InChI is InChI=1S/C20H19ClN2O6S/c1-3-29-20(26)13-4-6-14(7-5-13)22-18(24)16-9-8-15(10-17(16)21)23-19(25)12(2)11-30(23,27)28/h4-10,12H,3,11H2,1-2H3,(H,22,24)/t12-/m0/s1. The summed E-state index contributed by atoms with van der Waals surface area (Å²) in [7, 11) is -3.77. The van der Waals surface area contributed by atoms with Crippen LogP contribution in [0.5, 0.6) is 0 Å². The van der Waals surface area contributed by atoms with E-state index < -0.39 is 33.7 Å². The highest BCUT2D eigenvalue weighted by atomic mass is 35.5. The first-order valence-electron chi connectivity index (χ1n) is 9.09. The van der Waals surface area contributed by atoms with Crippen molar-refractivity contribution < 1.29 is 27.5 Å². The van der Waals surface area contributed by atoms with Crippen LogP contribution in [0.3, 0.4) is 0 Å². The minimum Gasteiger partial charge on any atom is -0.462 e. The molecule has 2 amide bonds. The van der Waals surface area contributed by atoms with E-state index in [1.807, 2.05) is 0 Å². The number of hydrogen-bond acceptors (Lipinski definition) is 6. The highest BCUT2D eigenvalue weighted by Crippen LogP contribution is 2.31. The number of anilines is 2. The first-order valence-corrected chi connectivity index (χ1v) is 11.1. The second-order valence-electron chi connectivity index (χ2n) is 6.70. The summed E-state index contributed by atoms with van der Waals surface area (Å²) < 4.78 is 30.1. The molecule has 0 aromatic heterocycles. The molecule has 10 heteroatoms. The third-order valence-electron chi connectivity index (χ3n) is 4.45. The number of rotatable bonds is 5. The van der Waals surface area contributed by atoms with Gasteiger partial charge >= 0.3 is 5.97 Å². The number of nitrogens with zero attached hydrogens (tertiary/aromatic N) is 1. The van der Waals surface area contributed by atoms with Gasteiger partial charge in [0.1, 0.15) is 0 Å². The molecule has 2 aromatic rings. The van der Waals surface area contributed by atoms with Gasteiger partial charge in [-0.15, -0.1) is 0 Å². The monoisotopic (exact) mass is 450 g/mol. The minimum atomic E-state index is -3.77. The Morgan fingerprint density at radius 2 is 1.87 bits per heavy atom. The Bertz CT molecular complexity index is 1110. The Labute approximate surface area is 178 Å². The van der Waals surface area contributed by atoms with Crippen molar-refractivity contribution in [3.8, 4) is 0 Å². The SMILES string of the molecule is CCOC(=O)c1ccc(NC(=O)c2ccc(N3C(=O)[C@@H](C)CS3(=O)=O)cc2Cl)cc1. The van der Waals surface area contributed by atoms with Gasteiger partial charge in [-0.3, -0.25) is 9.59 Å². The number of benzene rings is 2. The molecule has 1 fully saturated rings. The summed E-state index contributed by atoms with van der Waals surface area (Å²) in [6, 6.07) is 10.1. The molecule has 2 aromatic carbocycles. The van der Waals surface area contributed by atoms with Gasteiger partial charge in [0.2, 0.25) is 15.9 Å². The van der Waals surface area contributed by atoms with Crippen molar-refractivity contribution in [3.63, 3.8) is 0 Å². The van der Waals surface area contributed by atoms with E-state index in [4.69, 9.17) is 16.3 Å². The van der Waals surface area contributed by atoms with Crippen LogP contribution in [0, 0.1) is 5.92 Å². The fourth-order valence-electron chi connectivity index (χ4n) is 3.00. The molecule has 0 unspecified atom stereocenters. The summed E-state index contributed by atoms with van der Waals surface area (Å²) in [5, 5.41) is 2.64. The summed E-state index contributed by atoms with van der Waals surface area (Å²) in [5.41, 5.74) is 0.971. The Kier molecular flexibility index (Phi) is 6.14. The molecule has 1 N–H and O–H groups in total. The lowest BCUT2D eigenvalue weighted by Crippen LogP contribution is -2.30. The van der Waals surface area contributed by atoms with Crippen molar-refractivity contribution in [1.29, 1.82) is 0 Å². The average Bonchev–Trinajstić information content (AvgIpc) is 2.89. The Hall–Kier alpha value is -2.91. The second kappa shape index (κ2) is 8.45. The Morgan fingerprint density at radius 1 is 1.20 bits per heavy atom. The first-order chi connectivity index (χ1) is 14.1. The van der Waals surface area contributed by atoms with Gasteiger partial charge in [0.05, 0.1) is 40.1 Å². The van der Waals surface area contributed by atoms with E-state index in [0.717, 1.165) is 4.31 Å². The quantitative estimate of drug-likeness (QED) is 0.701. The maximum absolute atomic E-state index is 12.5. The van der Waals surface area contributed by atoms with Gasteiger partial charge in [0.15, 0.2) is 0 Å². The van der Waals surface area contributed by atoms with Gasteiger partial charge in [-0.1, -0.05) is 18.5 Å². The molecule has 1 aliphatic rings. The summed E-state index contributed by atoms with van der Waals surface area (Å²) in [5.74, 6) is -2.44. The van der Waals surface area contributed by atoms with E-state index in [-0.39, 0.29) is 28.6 Å². The van der Waals surface area contributed by atoms with Crippen LogP contribution >= 0.6 is 11.6 Å². The lowest BCUT2D eigenvalue weighted by atomic mass is 10.1. The van der Waals surface area contributed by atoms with Crippen LogP contribution in [0.2, 0.25) is 5.02 Å². The van der Waals surface area contributed by atoms with Crippen LogP contribution < -0.4 is 9.62 Å². The van der Waals surface area contributed by atoms with Gasteiger partial charge in [0.25, 0.3) is 5.91 Å². The van der Waals surface area contributed by atoms with Gasteiger partial charge in [-0.05, 0) is 49.4 Å². The molecule has 0 saturated carbocycles. The Morgan fingerprint density at radius 3 is 2.40 bits per heavy atom. The van der Waals surface area contributed by atoms with Crippen molar-refractivity contribution in [3.05, 3.63) is 58.6 Å². The van der Waals surface area contributed by atoms with E-state index in [9.17, 15) is 22.8 Å². The van der Waals surface area contributed by atoms with Gasteiger partial charge in [-0.2, -0.15) is 0 Å². The fourth-order valence-corrected chi connectivity index (χ4v) is 5.08. The number of hydrogen-bond donors (Lipinski definition) is 1. The van der Waals surface area contributed by atoms with Crippen molar-refractivity contribution in [2.75, 3.05) is 22.0 Å². The van der Waals surface area contributed by atoms with Crippen LogP contribution in [0.1, 0.15) is 34.6 Å². The summed E-state index contributed by atoms with van der Waals surface area (Å²) in [6.45, 7) is 3.50. The molecule has 1 aliphatic heterocycles. The predicted molar refractivity (Wildman–Crippen MR) is 112 cm³/mol. The van der Waals surface area contributed by atoms with E-state index in [1.165, 1.54) is 37.3 Å². The molecule has 0 bridgehead atoms. The zero-order chi connectivity index (χ0) is 22.1. The highest BCUT2D eigenvalue weighted by Gasteiger charge is 2.42. The Balaban J connectivity index is 1.78. The van der Waals surface area contributed by atoms with Crippen LogP contribution in [0.15, 0.2) is 42.5 Å². The molecule has 0 radical (unpaired) electrons. The lowest BCUT2D eigenvalue weighted by molar-refractivity contribution is -0.119. The molecule has 0 spiro atoms. The smallest absolute Gasteiger partial charge is 0.338 e. The number of halogens is 1. The van der Waals surface area contributed by atoms with Gasteiger partial charge < -0.3 is 10.1 Å². The minimum absolute atomic E-state index is 0.00398. The maximum atomic E-state index is 12.5. The summed E-state index contributed by atoms with van der Waals surface area (Å²) in [6.07, 6.45) is 0. The topological polar surface area (TPSA) is 110 Å². The fraction of sp³-hybridized carbons (Fsp3) is 0.250. The van der Waals surface area contributed by atoms with E-state index in [1.54, 1.807) is 19.1 Å². The zero-order valence-corrected chi connectivity index (χ0v) is 17.8. The second-order valence-corrected chi connectivity index (χ2v) is 8.97. The van der Waals surface area contributed by atoms with Crippen molar-refractivity contribution in [2.24, 2.45) is 5.92 Å². The molecular formula is C20H19ClN2O6S. The number of amides is 2. The van der Waals surface area contributed by atoms with E-state index >= 15 is 0 Å². The van der Waals surface area contributed by atoms with Crippen molar-refractivity contribution in [2.45, 2.75) is 13.8 Å². The third-order valence-corrected chi connectivity index (χ3v) is 6.63. The molecular weight excluding hydrogens is 432 g/mol. The molecule has 30 heavy (non-hydrogen) atoms. The predicted octanol–water partition coefficient (Wildman–Crippen LogP) is 3.08. The third kappa shape index (κ3) is 4.31. The van der Waals surface area contributed by atoms with Crippen molar-refractivity contribution >= 4 is 50.8 Å². The molecule has 3 rings (SSSR count). The van der Waals surface area contributed by atoms with Gasteiger partial charge in [0, 0.05) is 5.69 Å². The molecule has 8 nitrogen and oxygen atoms in total. The number of nitrogens with one attached hydrogen (secondary N) is 1. The first kappa shape index (κ1) is 21.8. The lowest BCUT2D eigenvalue weighted by Gasteiger charge is -2.16. The van der Waals surface area contributed by atoms with Crippen LogP contribution in [-0.2, 0) is 19.6 Å². The highest BCUT2D eigenvalue weighted by molar-refractivity contribution is 7.94. The largest absolute Gasteiger partial charge is 0.462 e. The van der Waals surface area contributed by atoms with Crippen LogP contribution in [-0.4, -0.2) is 38.6 Å². The average molecular weight is 451 g/mol. The molecule has 1 atom stereocenters. The van der Waals surface area contributed by atoms with Crippen LogP contribution in [0.25, 0.3) is 0 Å². The molecule has 0 aliphatic carbocycles. The molecule has 1 saturated heterocycles. The zero-order valence-electron chi connectivity index (χ0n) is 16.2. The van der Waals surface area contributed by atoms with E-state index in [0.29, 0.717) is 11.3 Å². The summed E-state index contributed by atoms with van der Waals surface area (Å²) in [4.78, 5) is 36.4. The molecule has 1 heterocycles. The number of ether oxygens (including phenoxy) is 1. The number of carbonyl (C=O) groups is 3. The molecule has 158 valence electrons. The van der Waals surface area contributed by atoms with Crippen molar-refractivity contribution in [1.82, 2.24) is 0 Å².